The first-order valence-electron chi connectivity index (χ1n) is 4.12. The van der Waals surface area contributed by atoms with Crippen molar-refractivity contribution in [1.82, 2.24) is 0 Å². The minimum absolute atomic E-state index is 0.436. The first kappa shape index (κ1) is 14.6. The molecular weight excluding hydrogens is 182 g/mol. The maximum Gasteiger partial charge on any atom is 0.241 e. The fourth-order valence-corrected chi connectivity index (χ4v) is 0.939. The average Bonchev–Trinajstić information content (AvgIpc) is 2.15. The van der Waals surface area contributed by atoms with Crippen molar-refractivity contribution in [2.24, 2.45) is 5.73 Å². The van der Waals surface area contributed by atoms with Crippen molar-refractivity contribution < 1.29 is 4.79 Å². The molecule has 0 aliphatic carbocycles. The SMILES string of the molecule is C=CSC(=C\C)/C=C/C(N)=O.CC. The number of thioether (sulfide) groups is 1. The lowest BCUT2D eigenvalue weighted by molar-refractivity contribution is -0.113. The minimum Gasteiger partial charge on any atom is -0.366 e. The lowest BCUT2D eigenvalue weighted by atomic mass is 10.4. The van der Waals surface area contributed by atoms with Crippen LogP contribution in [0.4, 0.5) is 0 Å². The third kappa shape index (κ3) is 11.0. The summed E-state index contributed by atoms with van der Waals surface area (Å²) in [5.41, 5.74) is 4.90. The molecule has 0 spiro atoms. The van der Waals surface area contributed by atoms with E-state index >= 15 is 0 Å². The molecule has 13 heavy (non-hydrogen) atoms. The molecule has 2 N–H and O–H groups in total. The molecule has 0 saturated carbocycles. The Kier molecular flexibility index (Phi) is 12.4. The zero-order valence-corrected chi connectivity index (χ0v) is 9.23. The highest BCUT2D eigenvalue weighted by molar-refractivity contribution is 8.06. The maximum absolute atomic E-state index is 10.3. The summed E-state index contributed by atoms with van der Waals surface area (Å²) in [5, 5.41) is 1.70. The van der Waals surface area contributed by atoms with Gasteiger partial charge in [0.25, 0.3) is 0 Å². The molecule has 74 valence electrons. The lowest BCUT2D eigenvalue weighted by Gasteiger charge is -1.92. The number of amides is 1. The van der Waals surface area contributed by atoms with Crippen LogP contribution >= 0.6 is 11.8 Å². The van der Waals surface area contributed by atoms with Crippen LogP contribution in [0, 0.1) is 0 Å². The van der Waals surface area contributed by atoms with Crippen molar-refractivity contribution in [1.29, 1.82) is 0 Å². The topological polar surface area (TPSA) is 43.1 Å². The van der Waals surface area contributed by atoms with Crippen molar-refractivity contribution >= 4 is 17.7 Å². The molecule has 1 amide bonds. The van der Waals surface area contributed by atoms with E-state index in [1.165, 1.54) is 17.8 Å². The van der Waals surface area contributed by atoms with Gasteiger partial charge in [0.1, 0.15) is 0 Å². The number of carbonyl (C=O) groups is 1. The summed E-state index contributed by atoms with van der Waals surface area (Å²) < 4.78 is 0. The number of nitrogens with two attached hydrogens (primary N) is 1. The molecule has 0 aliphatic heterocycles. The van der Waals surface area contributed by atoms with Crippen molar-refractivity contribution in [2.75, 3.05) is 0 Å². The third-order valence-electron chi connectivity index (χ3n) is 0.916. The number of hydrogen-bond donors (Lipinski definition) is 1. The van der Waals surface area contributed by atoms with E-state index in [-0.39, 0.29) is 0 Å². The van der Waals surface area contributed by atoms with E-state index in [0.29, 0.717) is 0 Å². The molecule has 0 aromatic rings. The number of hydrogen-bond acceptors (Lipinski definition) is 2. The fraction of sp³-hybridized carbons (Fsp3) is 0.300. The highest BCUT2D eigenvalue weighted by atomic mass is 32.2. The van der Waals surface area contributed by atoms with Crippen molar-refractivity contribution in [2.45, 2.75) is 20.8 Å². The summed E-state index contributed by atoms with van der Waals surface area (Å²) in [5.74, 6) is -0.436. The third-order valence-corrected chi connectivity index (χ3v) is 1.73. The minimum atomic E-state index is -0.436. The van der Waals surface area contributed by atoms with Gasteiger partial charge in [-0.15, -0.1) is 0 Å². The van der Waals surface area contributed by atoms with Gasteiger partial charge in [0.15, 0.2) is 0 Å². The number of carbonyl (C=O) groups excluding carboxylic acids is 1. The van der Waals surface area contributed by atoms with Crippen LogP contribution in [-0.4, -0.2) is 5.91 Å². The Morgan fingerprint density at radius 2 is 1.92 bits per heavy atom. The smallest absolute Gasteiger partial charge is 0.241 e. The van der Waals surface area contributed by atoms with Gasteiger partial charge in [0.2, 0.25) is 5.91 Å². The molecule has 0 unspecified atom stereocenters. The van der Waals surface area contributed by atoms with Crippen LogP contribution in [-0.2, 0) is 4.79 Å². The Labute approximate surface area is 84.6 Å². The van der Waals surface area contributed by atoms with Gasteiger partial charge in [-0.25, -0.2) is 0 Å². The van der Waals surface area contributed by atoms with Crippen molar-refractivity contribution in [3.63, 3.8) is 0 Å². The van der Waals surface area contributed by atoms with Crippen molar-refractivity contribution in [3.05, 3.63) is 35.1 Å². The predicted molar refractivity (Wildman–Crippen MR) is 61.2 cm³/mol. The standard InChI is InChI=1S/C8H11NOS.C2H6/c1-3-7(11-4-2)5-6-8(9)10;1-2/h3-6H,2H2,1H3,(H2,9,10);1-2H3/b6-5+,7-3-;. The summed E-state index contributed by atoms with van der Waals surface area (Å²) in [6.45, 7) is 9.43. The first-order chi connectivity index (χ1) is 6.20. The normalized spacial score (nSPS) is 10.5. The van der Waals surface area contributed by atoms with E-state index in [1.807, 2.05) is 26.8 Å². The molecule has 0 fully saturated rings. The van der Waals surface area contributed by atoms with E-state index in [2.05, 4.69) is 6.58 Å². The van der Waals surface area contributed by atoms with E-state index in [9.17, 15) is 4.79 Å². The molecule has 3 heteroatoms. The Morgan fingerprint density at radius 1 is 1.38 bits per heavy atom. The Morgan fingerprint density at radius 3 is 2.23 bits per heavy atom. The molecule has 0 aliphatic rings. The molecule has 0 atom stereocenters. The fourth-order valence-electron chi connectivity index (χ4n) is 0.464. The van der Waals surface area contributed by atoms with Gasteiger partial charge in [-0.3, -0.25) is 4.79 Å². The van der Waals surface area contributed by atoms with Gasteiger partial charge in [-0.2, -0.15) is 0 Å². The number of primary amides is 1. The summed E-state index contributed by atoms with van der Waals surface area (Å²) >= 11 is 1.45. The zero-order chi connectivity index (χ0) is 10.7. The highest BCUT2D eigenvalue weighted by Crippen LogP contribution is 2.16. The largest absolute Gasteiger partial charge is 0.366 e. The Hall–Kier alpha value is -0.960. The summed E-state index contributed by atoms with van der Waals surface area (Å²) in [7, 11) is 0. The Balaban J connectivity index is 0. The average molecular weight is 199 g/mol. The second kappa shape index (κ2) is 11.0. The van der Waals surface area contributed by atoms with Crippen LogP contribution in [0.25, 0.3) is 0 Å². The molecule has 0 aromatic heterocycles. The molecule has 0 rings (SSSR count). The zero-order valence-electron chi connectivity index (χ0n) is 8.41. The molecule has 2 nitrogen and oxygen atoms in total. The summed E-state index contributed by atoms with van der Waals surface area (Å²) in [6.07, 6.45) is 4.87. The second-order valence-corrected chi connectivity index (χ2v) is 2.75. The first-order valence-corrected chi connectivity index (χ1v) is 5.00. The number of allylic oxidation sites excluding steroid dienone is 2. The van der Waals surface area contributed by atoms with Crippen LogP contribution in [0.5, 0.6) is 0 Å². The summed E-state index contributed by atoms with van der Waals surface area (Å²) in [6, 6.07) is 0. The molecular formula is C10H17NOS. The quantitative estimate of drug-likeness (QED) is 0.559. The van der Waals surface area contributed by atoms with Crippen LogP contribution in [0.2, 0.25) is 0 Å². The van der Waals surface area contributed by atoms with Crippen LogP contribution in [0.15, 0.2) is 35.1 Å². The number of rotatable bonds is 4. The van der Waals surface area contributed by atoms with E-state index in [1.54, 1.807) is 11.5 Å². The molecule has 0 aromatic carbocycles. The van der Waals surface area contributed by atoms with E-state index in [4.69, 9.17) is 5.73 Å². The lowest BCUT2D eigenvalue weighted by Crippen LogP contribution is -2.05. The second-order valence-electron chi connectivity index (χ2n) is 1.71. The molecule has 0 bridgehead atoms. The highest BCUT2D eigenvalue weighted by Gasteiger charge is 1.87. The molecule has 0 heterocycles. The van der Waals surface area contributed by atoms with E-state index < -0.39 is 5.91 Å². The van der Waals surface area contributed by atoms with Gasteiger partial charge < -0.3 is 5.73 Å². The van der Waals surface area contributed by atoms with Crippen LogP contribution in [0.3, 0.4) is 0 Å². The van der Waals surface area contributed by atoms with Gasteiger partial charge in [-0.1, -0.05) is 38.3 Å². The molecule has 0 saturated heterocycles. The van der Waals surface area contributed by atoms with E-state index in [0.717, 1.165) is 4.91 Å². The molecule has 0 radical (unpaired) electrons. The van der Waals surface area contributed by atoms with Crippen LogP contribution < -0.4 is 5.73 Å². The maximum atomic E-state index is 10.3. The summed E-state index contributed by atoms with van der Waals surface area (Å²) in [4.78, 5) is 11.3. The van der Waals surface area contributed by atoms with Gasteiger partial charge in [0, 0.05) is 11.0 Å². The van der Waals surface area contributed by atoms with Gasteiger partial charge in [-0.05, 0) is 18.4 Å². The van der Waals surface area contributed by atoms with Gasteiger partial charge in [0.05, 0.1) is 0 Å². The predicted octanol–water partition coefficient (Wildman–Crippen LogP) is 2.83. The Bertz CT molecular complexity index is 207. The monoisotopic (exact) mass is 199 g/mol. The van der Waals surface area contributed by atoms with Crippen LogP contribution in [0.1, 0.15) is 20.8 Å². The van der Waals surface area contributed by atoms with Gasteiger partial charge >= 0.3 is 0 Å². The van der Waals surface area contributed by atoms with Crippen molar-refractivity contribution in [3.8, 4) is 0 Å².